The molecule has 1 aliphatic heterocycles. The van der Waals surface area contributed by atoms with Crippen molar-refractivity contribution in [2.75, 3.05) is 39.8 Å². The highest BCUT2D eigenvalue weighted by molar-refractivity contribution is 5.94. The molecule has 1 aromatic carbocycles. The summed E-state index contributed by atoms with van der Waals surface area (Å²) < 4.78 is 0. The molecule has 4 heteroatoms. The molecule has 1 saturated heterocycles. The molecular formula is C17H25N3O. The lowest BCUT2D eigenvalue weighted by molar-refractivity contribution is 0.0999. The van der Waals surface area contributed by atoms with Gasteiger partial charge in [0.1, 0.15) is 0 Å². The van der Waals surface area contributed by atoms with Gasteiger partial charge in [-0.1, -0.05) is 12.1 Å². The summed E-state index contributed by atoms with van der Waals surface area (Å²) in [4.78, 5) is 16.4. The molecule has 1 amide bonds. The van der Waals surface area contributed by atoms with E-state index in [1.807, 2.05) is 19.1 Å². The summed E-state index contributed by atoms with van der Waals surface area (Å²) in [6.45, 7) is 7.85. The third-order valence-corrected chi connectivity index (χ3v) is 4.97. The van der Waals surface area contributed by atoms with Crippen LogP contribution in [0.2, 0.25) is 0 Å². The maximum absolute atomic E-state index is 11.5. The minimum atomic E-state index is -0.314. The first-order valence-corrected chi connectivity index (χ1v) is 7.86. The van der Waals surface area contributed by atoms with Gasteiger partial charge in [-0.2, -0.15) is 0 Å². The van der Waals surface area contributed by atoms with Crippen LogP contribution in [-0.4, -0.2) is 55.5 Å². The van der Waals surface area contributed by atoms with E-state index in [1.165, 1.54) is 44.7 Å². The predicted octanol–water partition coefficient (Wildman–Crippen LogP) is 1.44. The van der Waals surface area contributed by atoms with E-state index in [0.717, 1.165) is 11.5 Å². The number of carbonyl (C=O) groups is 1. The Kier molecular flexibility index (Phi) is 4.00. The molecule has 2 aliphatic rings. The Morgan fingerprint density at radius 2 is 2.00 bits per heavy atom. The van der Waals surface area contributed by atoms with Crippen molar-refractivity contribution >= 4 is 5.91 Å². The van der Waals surface area contributed by atoms with Gasteiger partial charge in [0.2, 0.25) is 5.91 Å². The summed E-state index contributed by atoms with van der Waals surface area (Å²) in [5, 5.41) is 0. The summed E-state index contributed by atoms with van der Waals surface area (Å²) in [5.41, 5.74) is 8.39. The first-order valence-electron chi connectivity index (χ1n) is 7.86. The summed E-state index contributed by atoms with van der Waals surface area (Å²) in [6, 6.07) is 6.20. The normalized spacial score (nSPS) is 26.8. The van der Waals surface area contributed by atoms with Crippen LogP contribution >= 0.6 is 0 Å². The third kappa shape index (κ3) is 3.27. The van der Waals surface area contributed by atoms with Crippen LogP contribution in [0.5, 0.6) is 0 Å². The Bertz CT molecular complexity index is 535. The lowest BCUT2D eigenvalue weighted by Crippen LogP contribution is -2.45. The Hall–Kier alpha value is -1.39. The number of nitrogens with zero attached hydrogens (tertiary/aromatic N) is 2. The second kappa shape index (κ2) is 5.78. The maximum Gasteiger partial charge on any atom is 0.248 e. The molecule has 2 unspecified atom stereocenters. The summed E-state index contributed by atoms with van der Waals surface area (Å²) in [5.74, 6) is 1.05. The number of rotatable bonds is 4. The molecule has 3 rings (SSSR count). The van der Waals surface area contributed by atoms with E-state index in [-0.39, 0.29) is 5.91 Å². The van der Waals surface area contributed by atoms with Gasteiger partial charge >= 0.3 is 0 Å². The third-order valence-electron chi connectivity index (χ3n) is 4.97. The van der Waals surface area contributed by atoms with Crippen LogP contribution in [0.25, 0.3) is 0 Å². The summed E-state index contributed by atoms with van der Waals surface area (Å²) in [6.07, 6.45) is 1.24. The number of aryl methyl sites for hydroxylation is 1. The maximum atomic E-state index is 11.5. The lowest BCUT2D eigenvalue weighted by atomic mass is 10.0. The number of nitrogens with two attached hydrogens (primary N) is 1. The minimum absolute atomic E-state index is 0.314. The van der Waals surface area contributed by atoms with Gasteiger partial charge in [0.15, 0.2) is 0 Å². The number of carbonyl (C=O) groups excluding carboxylic acids is 1. The van der Waals surface area contributed by atoms with Gasteiger partial charge in [-0.3, -0.25) is 4.79 Å². The van der Waals surface area contributed by atoms with Crippen molar-refractivity contribution in [3.05, 3.63) is 34.9 Å². The van der Waals surface area contributed by atoms with Crippen LogP contribution in [0.15, 0.2) is 18.2 Å². The molecule has 0 radical (unpaired) electrons. The van der Waals surface area contributed by atoms with E-state index in [9.17, 15) is 4.79 Å². The van der Waals surface area contributed by atoms with E-state index in [1.54, 1.807) is 0 Å². The van der Waals surface area contributed by atoms with Crippen molar-refractivity contribution < 1.29 is 4.79 Å². The van der Waals surface area contributed by atoms with Crippen molar-refractivity contribution in [1.29, 1.82) is 0 Å². The van der Waals surface area contributed by atoms with Crippen LogP contribution < -0.4 is 5.73 Å². The smallest absolute Gasteiger partial charge is 0.248 e. The number of hydrogen-bond donors (Lipinski definition) is 1. The highest BCUT2D eigenvalue weighted by Crippen LogP contribution is 2.48. The molecule has 1 saturated carbocycles. The molecule has 1 aliphatic carbocycles. The SMILES string of the molecule is Cc1ccc(C2CC2CN2CCN(C)CC2)cc1C(N)=O. The van der Waals surface area contributed by atoms with Gasteiger partial charge < -0.3 is 15.5 Å². The Labute approximate surface area is 126 Å². The summed E-state index contributed by atoms with van der Waals surface area (Å²) in [7, 11) is 2.19. The zero-order chi connectivity index (χ0) is 15.0. The highest BCUT2D eigenvalue weighted by atomic mass is 16.1. The van der Waals surface area contributed by atoms with Gasteiger partial charge in [0.25, 0.3) is 0 Å². The standard InChI is InChI=1S/C17H25N3O/c1-12-3-4-13(9-15(12)17(18)21)16-10-14(16)11-20-7-5-19(2)6-8-20/h3-4,9,14,16H,5-8,10-11H2,1-2H3,(H2,18,21). The molecular weight excluding hydrogens is 262 g/mol. The van der Waals surface area contributed by atoms with Gasteiger partial charge in [-0.25, -0.2) is 0 Å². The second-order valence-electron chi connectivity index (χ2n) is 6.64. The molecule has 4 nitrogen and oxygen atoms in total. The van der Waals surface area contributed by atoms with Crippen molar-refractivity contribution in [3.63, 3.8) is 0 Å². The van der Waals surface area contributed by atoms with E-state index >= 15 is 0 Å². The highest BCUT2D eigenvalue weighted by Gasteiger charge is 2.39. The Morgan fingerprint density at radius 3 is 2.67 bits per heavy atom. The van der Waals surface area contributed by atoms with E-state index in [2.05, 4.69) is 22.9 Å². The number of benzene rings is 1. The Morgan fingerprint density at radius 1 is 1.29 bits per heavy atom. The first-order chi connectivity index (χ1) is 10.0. The molecule has 0 spiro atoms. The molecule has 2 N–H and O–H groups in total. The average molecular weight is 287 g/mol. The topological polar surface area (TPSA) is 49.6 Å². The molecule has 1 aromatic rings. The fraction of sp³-hybridized carbons (Fsp3) is 0.588. The molecule has 21 heavy (non-hydrogen) atoms. The summed E-state index contributed by atoms with van der Waals surface area (Å²) >= 11 is 0. The molecule has 2 atom stereocenters. The molecule has 114 valence electrons. The van der Waals surface area contributed by atoms with E-state index < -0.39 is 0 Å². The van der Waals surface area contributed by atoms with Crippen LogP contribution in [0, 0.1) is 12.8 Å². The van der Waals surface area contributed by atoms with Crippen molar-refractivity contribution in [1.82, 2.24) is 9.80 Å². The van der Waals surface area contributed by atoms with Crippen LogP contribution in [-0.2, 0) is 0 Å². The van der Waals surface area contributed by atoms with Gasteiger partial charge in [0.05, 0.1) is 0 Å². The fourth-order valence-corrected chi connectivity index (χ4v) is 3.36. The molecule has 0 bridgehead atoms. The van der Waals surface area contributed by atoms with E-state index in [4.69, 9.17) is 5.73 Å². The second-order valence-corrected chi connectivity index (χ2v) is 6.64. The number of hydrogen-bond acceptors (Lipinski definition) is 3. The fourth-order valence-electron chi connectivity index (χ4n) is 3.36. The van der Waals surface area contributed by atoms with E-state index in [0.29, 0.717) is 11.5 Å². The van der Waals surface area contributed by atoms with Gasteiger partial charge in [-0.15, -0.1) is 0 Å². The molecule has 2 fully saturated rings. The number of primary amides is 1. The van der Waals surface area contributed by atoms with Gasteiger partial charge in [-0.05, 0) is 49.4 Å². The number of likely N-dealkylation sites (N-methyl/N-ethyl adjacent to an activating group) is 1. The lowest BCUT2D eigenvalue weighted by Gasteiger charge is -2.32. The zero-order valence-corrected chi connectivity index (χ0v) is 13.0. The van der Waals surface area contributed by atoms with Crippen molar-refractivity contribution in [3.8, 4) is 0 Å². The number of piperazine rings is 1. The molecule has 0 aromatic heterocycles. The van der Waals surface area contributed by atoms with Crippen molar-refractivity contribution in [2.45, 2.75) is 19.3 Å². The quantitative estimate of drug-likeness (QED) is 0.912. The minimum Gasteiger partial charge on any atom is -0.366 e. The average Bonchev–Trinajstić information content (AvgIpc) is 3.21. The van der Waals surface area contributed by atoms with Crippen LogP contribution in [0.3, 0.4) is 0 Å². The van der Waals surface area contributed by atoms with Crippen molar-refractivity contribution in [2.24, 2.45) is 11.7 Å². The predicted molar refractivity (Wildman–Crippen MR) is 84.5 cm³/mol. The Balaban J connectivity index is 1.60. The largest absolute Gasteiger partial charge is 0.366 e. The van der Waals surface area contributed by atoms with Gasteiger partial charge in [0, 0.05) is 38.3 Å². The van der Waals surface area contributed by atoms with Crippen LogP contribution in [0.1, 0.15) is 33.8 Å². The zero-order valence-electron chi connectivity index (χ0n) is 13.0. The first kappa shape index (κ1) is 14.5. The molecule has 1 heterocycles. The van der Waals surface area contributed by atoms with Crippen LogP contribution in [0.4, 0.5) is 0 Å². The number of amides is 1. The monoisotopic (exact) mass is 287 g/mol.